The van der Waals surface area contributed by atoms with Gasteiger partial charge in [-0.15, -0.1) is 0 Å². The van der Waals surface area contributed by atoms with Gasteiger partial charge in [-0.2, -0.15) is 0 Å². The number of rotatable bonds is 1. The lowest BCUT2D eigenvalue weighted by Crippen LogP contribution is -2.28. The van der Waals surface area contributed by atoms with Gasteiger partial charge < -0.3 is 0 Å². The summed E-state index contributed by atoms with van der Waals surface area (Å²) in [6.45, 7) is 2.15. The van der Waals surface area contributed by atoms with Crippen LogP contribution in [0.25, 0.3) is 11.1 Å². The summed E-state index contributed by atoms with van der Waals surface area (Å²) in [5, 5.41) is 0. The molecule has 1 heteroatoms. The number of halogens is 1. The van der Waals surface area contributed by atoms with E-state index >= 15 is 0 Å². The Hall–Kier alpha value is -2.64. The molecule has 0 radical (unpaired) electrons. The summed E-state index contributed by atoms with van der Waals surface area (Å²) in [6, 6.07) is 31.5. The first kappa shape index (κ1) is 16.3. The molecule has 7 rings (SSSR count). The van der Waals surface area contributed by atoms with Crippen molar-refractivity contribution in [2.75, 3.05) is 0 Å². The maximum Gasteiger partial charge on any atom is 0.0360 e. The van der Waals surface area contributed by atoms with Gasteiger partial charge in [-0.1, -0.05) is 100 Å². The second-order valence-electron chi connectivity index (χ2n) is 7.91. The van der Waals surface area contributed by atoms with E-state index in [9.17, 15) is 0 Å². The second-order valence-corrected chi connectivity index (χ2v) is 8.77. The second kappa shape index (κ2) is 5.93. The Kier molecular flexibility index (Phi) is 3.46. The fourth-order valence-electron chi connectivity index (χ4n) is 5.23. The third-order valence-electron chi connectivity index (χ3n) is 6.41. The summed E-state index contributed by atoms with van der Waals surface area (Å²) in [5.74, 6) is 0.591. The van der Waals surface area contributed by atoms with E-state index in [-0.39, 0.29) is 0 Å². The highest BCUT2D eigenvalue weighted by molar-refractivity contribution is 9.10. The summed E-state index contributed by atoms with van der Waals surface area (Å²) in [7, 11) is 0. The zero-order valence-corrected chi connectivity index (χ0v) is 17.2. The largest absolute Gasteiger partial charge is 0.0619 e. The first-order chi connectivity index (χ1) is 13.7. The average molecular weight is 423 g/mol. The lowest BCUT2D eigenvalue weighted by Gasteiger charge is -2.43. The minimum absolute atomic E-state index is 0.293. The van der Waals surface area contributed by atoms with Crippen molar-refractivity contribution < 1.29 is 0 Å². The van der Waals surface area contributed by atoms with Gasteiger partial charge >= 0.3 is 0 Å². The van der Waals surface area contributed by atoms with Crippen LogP contribution in [0.2, 0.25) is 0 Å². The van der Waals surface area contributed by atoms with Crippen LogP contribution in [0, 0.1) is 6.92 Å². The van der Waals surface area contributed by atoms with Gasteiger partial charge in [-0.25, -0.2) is 0 Å². The molecule has 0 saturated carbocycles. The van der Waals surface area contributed by atoms with Gasteiger partial charge in [-0.05, 0) is 57.5 Å². The normalized spacial score (nSPS) is 18.4. The molecule has 2 bridgehead atoms. The van der Waals surface area contributed by atoms with Crippen LogP contribution >= 0.6 is 15.9 Å². The molecule has 4 aromatic carbocycles. The van der Waals surface area contributed by atoms with E-state index in [0.717, 1.165) is 0 Å². The lowest BCUT2D eigenvalue weighted by molar-refractivity contribution is 0.752. The molecule has 134 valence electrons. The maximum atomic E-state index is 3.91. The van der Waals surface area contributed by atoms with Crippen molar-refractivity contribution in [3.8, 4) is 11.1 Å². The van der Waals surface area contributed by atoms with E-state index in [1.165, 1.54) is 54.5 Å². The third kappa shape index (κ3) is 2.11. The highest BCUT2D eigenvalue weighted by atomic mass is 79.9. The van der Waals surface area contributed by atoms with Gasteiger partial charge in [0.1, 0.15) is 0 Å². The van der Waals surface area contributed by atoms with Gasteiger partial charge in [0.2, 0.25) is 0 Å². The molecule has 0 saturated heterocycles. The number of hydrogen-bond acceptors (Lipinski definition) is 0. The van der Waals surface area contributed by atoms with Crippen LogP contribution in [0.15, 0.2) is 89.4 Å². The van der Waals surface area contributed by atoms with Crippen LogP contribution in [-0.4, -0.2) is 0 Å². The molecule has 3 aliphatic carbocycles. The predicted octanol–water partition coefficient (Wildman–Crippen LogP) is 7.41. The van der Waals surface area contributed by atoms with E-state index in [1.807, 2.05) is 0 Å². The monoisotopic (exact) mass is 422 g/mol. The summed E-state index contributed by atoms with van der Waals surface area (Å²) in [5.41, 5.74) is 12.7. The van der Waals surface area contributed by atoms with Crippen molar-refractivity contribution in [2.45, 2.75) is 18.8 Å². The molecule has 0 aliphatic heterocycles. The molecule has 4 aromatic rings. The summed E-state index contributed by atoms with van der Waals surface area (Å²) >= 11 is 3.91. The number of benzene rings is 4. The van der Waals surface area contributed by atoms with Gasteiger partial charge in [0.25, 0.3) is 0 Å². The zero-order chi connectivity index (χ0) is 18.8. The molecule has 28 heavy (non-hydrogen) atoms. The third-order valence-corrected chi connectivity index (χ3v) is 7.10. The number of aryl methyl sites for hydroxylation is 1. The minimum Gasteiger partial charge on any atom is -0.0619 e. The highest BCUT2D eigenvalue weighted by Crippen LogP contribution is 2.59. The van der Waals surface area contributed by atoms with E-state index in [0.29, 0.717) is 11.8 Å². The molecule has 0 spiro atoms. The molecular formula is C27H19Br. The Morgan fingerprint density at radius 2 is 1.07 bits per heavy atom. The van der Waals surface area contributed by atoms with Gasteiger partial charge in [-0.3, -0.25) is 0 Å². The molecule has 0 nitrogen and oxygen atoms in total. The highest BCUT2D eigenvalue weighted by Gasteiger charge is 2.43. The lowest BCUT2D eigenvalue weighted by atomic mass is 9.60. The Morgan fingerprint density at radius 1 is 0.571 bits per heavy atom. The molecule has 3 aliphatic rings. The molecule has 0 fully saturated rings. The Labute approximate surface area is 174 Å². The van der Waals surface area contributed by atoms with Crippen LogP contribution < -0.4 is 0 Å². The standard InChI is InChI=1S/C27H19Br/c1-16-10-12-17(13-11-16)18-14-15-23(28)27-25-21-8-4-2-6-19(21)24(26(18)27)20-7-3-5-9-22(20)25/h2-15,24-25H,1H3. The van der Waals surface area contributed by atoms with E-state index < -0.39 is 0 Å². The fraction of sp³-hybridized carbons (Fsp3) is 0.111. The van der Waals surface area contributed by atoms with Gasteiger partial charge in [0, 0.05) is 16.3 Å². The quantitative estimate of drug-likeness (QED) is 0.258. The molecule has 0 aromatic heterocycles. The first-order valence-corrected chi connectivity index (χ1v) is 10.6. The summed E-state index contributed by atoms with van der Waals surface area (Å²) < 4.78 is 1.22. The van der Waals surface area contributed by atoms with Crippen LogP contribution in [0.4, 0.5) is 0 Å². The minimum atomic E-state index is 0.293. The molecule has 0 atom stereocenters. The van der Waals surface area contributed by atoms with Crippen LogP contribution in [-0.2, 0) is 0 Å². The molecule has 0 heterocycles. The predicted molar refractivity (Wildman–Crippen MR) is 119 cm³/mol. The van der Waals surface area contributed by atoms with Gasteiger partial charge in [0.15, 0.2) is 0 Å². The van der Waals surface area contributed by atoms with Crippen molar-refractivity contribution >= 4 is 15.9 Å². The summed E-state index contributed by atoms with van der Waals surface area (Å²) in [4.78, 5) is 0. The van der Waals surface area contributed by atoms with Gasteiger partial charge in [0.05, 0.1) is 0 Å². The fourth-order valence-corrected chi connectivity index (χ4v) is 5.80. The average Bonchev–Trinajstić information content (AvgIpc) is 2.74. The van der Waals surface area contributed by atoms with Crippen molar-refractivity contribution in [1.29, 1.82) is 0 Å². The van der Waals surface area contributed by atoms with Crippen molar-refractivity contribution in [3.05, 3.63) is 128 Å². The Bertz CT molecular complexity index is 1190. The Morgan fingerprint density at radius 3 is 1.61 bits per heavy atom. The molecular weight excluding hydrogens is 404 g/mol. The molecule has 0 N–H and O–H groups in total. The van der Waals surface area contributed by atoms with Crippen molar-refractivity contribution in [1.82, 2.24) is 0 Å². The topological polar surface area (TPSA) is 0 Å². The SMILES string of the molecule is Cc1ccc(-c2ccc(Br)c3c2C2c4ccccc4C3c3ccccc32)cc1. The number of hydrogen-bond donors (Lipinski definition) is 0. The summed E-state index contributed by atoms with van der Waals surface area (Å²) in [6.07, 6.45) is 0. The van der Waals surface area contributed by atoms with E-state index in [2.05, 4.69) is 108 Å². The zero-order valence-electron chi connectivity index (χ0n) is 15.6. The molecule has 0 amide bonds. The maximum absolute atomic E-state index is 3.91. The van der Waals surface area contributed by atoms with Crippen LogP contribution in [0.5, 0.6) is 0 Å². The smallest absolute Gasteiger partial charge is 0.0360 e. The van der Waals surface area contributed by atoms with E-state index in [1.54, 1.807) is 0 Å². The van der Waals surface area contributed by atoms with Crippen molar-refractivity contribution in [3.63, 3.8) is 0 Å². The van der Waals surface area contributed by atoms with Crippen LogP contribution in [0.1, 0.15) is 50.8 Å². The van der Waals surface area contributed by atoms with E-state index in [4.69, 9.17) is 0 Å². The Balaban J connectivity index is 1.72. The van der Waals surface area contributed by atoms with Crippen molar-refractivity contribution in [2.24, 2.45) is 0 Å². The molecule has 0 unspecified atom stereocenters. The van der Waals surface area contributed by atoms with Crippen LogP contribution in [0.3, 0.4) is 0 Å². The first-order valence-electron chi connectivity index (χ1n) is 9.81.